The molecule has 0 unspecified atom stereocenters. The van der Waals surface area contributed by atoms with Crippen molar-refractivity contribution in [3.63, 3.8) is 0 Å². The van der Waals surface area contributed by atoms with E-state index in [9.17, 15) is 18.0 Å². The third kappa shape index (κ3) is 5.00. The van der Waals surface area contributed by atoms with Crippen LogP contribution in [-0.2, 0) is 19.6 Å². The summed E-state index contributed by atoms with van der Waals surface area (Å²) >= 11 is 0. The number of nitrogens with zero attached hydrogens (tertiary/aromatic N) is 1. The second kappa shape index (κ2) is 8.33. The van der Waals surface area contributed by atoms with Gasteiger partial charge >= 0.3 is 5.97 Å². The lowest BCUT2D eigenvalue weighted by Gasteiger charge is -2.30. The lowest BCUT2D eigenvalue weighted by Crippen LogP contribution is -2.38. The van der Waals surface area contributed by atoms with E-state index >= 15 is 0 Å². The van der Waals surface area contributed by atoms with Gasteiger partial charge in [-0.15, -0.1) is 0 Å². The van der Waals surface area contributed by atoms with E-state index in [4.69, 9.17) is 4.74 Å². The number of ketones is 1. The van der Waals surface area contributed by atoms with Gasteiger partial charge in [-0.1, -0.05) is 27.7 Å². The molecule has 2 rings (SSSR count). The average Bonchev–Trinajstić information content (AvgIpc) is 2.60. The molecule has 7 heteroatoms. The summed E-state index contributed by atoms with van der Waals surface area (Å²) in [4.78, 5) is 24.6. The number of hydrogen-bond donors (Lipinski definition) is 0. The molecular formula is C21H31NO5S. The van der Waals surface area contributed by atoms with Crippen molar-refractivity contribution in [1.82, 2.24) is 4.31 Å². The number of hydrogen-bond acceptors (Lipinski definition) is 5. The number of rotatable bonds is 5. The van der Waals surface area contributed by atoms with Crippen LogP contribution in [0, 0.1) is 25.2 Å². The first-order valence-electron chi connectivity index (χ1n) is 9.66. The second-order valence-corrected chi connectivity index (χ2v) is 10.7. The summed E-state index contributed by atoms with van der Waals surface area (Å²) < 4.78 is 33.0. The molecule has 1 aliphatic rings. The zero-order valence-electron chi connectivity index (χ0n) is 17.7. The summed E-state index contributed by atoms with van der Waals surface area (Å²) in [6.45, 7) is 11.5. The van der Waals surface area contributed by atoms with Crippen LogP contribution in [0.3, 0.4) is 0 Å². The Balaban J connectivity index is 2.29. The molecule has 1 saturated heterocycles. The van der Waals surface area contributed by atoms with E-state index in [0.717, 1.165) is 12.8 Å². The Kier molecular flexibility index (Phi) is 6.71. The maximum Gasteiger partial charge on any atom is 0.338 e. The van der Waals surface area contributed by atoms with Crippen LogP contribution in [-0.4, -0.2) is 44.2 Å². The Morgan fingerprint density at radius 2 is 1.71 bits per heavy atom. The molecule has 1 aliphatic heterocycles. The summed E-state index contributed by atoms with van der Waals surface area (Å²) in [5, 5.41) is 0. The lowest BCUT2D eigenvalue weighted by molar-refractivity contribution is -0.129. The Morgan fingerprint density at radius 1 is 1.14 bits per heavy atom. The number of esters is 1. The van der Waals surface area contributed by atoms with Crippen LogP contribution < -0.4 is 0 Å². The van der Waals surface area contributed by atoms with E-state index in [0.29, 0.717) is 30.1 Å². The molecular weight excluding hydrogens is 378 g/mol. The predicted molar refractivity (Wildman–Crippen MR) is 108 cm³/mol. The molecule has 28 heavy (non-hydrogen) atoms. The van der Waals surface area contributed by atoms with E-state index in [1.807, 2.05) is 0 Å². The molecule has 0 amide bonds. The van der Waals surface area contributed by atoms with Gasteiger partial charge in [0.15, 0.2) is 12.4 Å². The molecule has 156 valence electrons. The van der Waals surface area contributed by atoms with E-state index in [2.05, 4.69) is 6.92 Å². The smallest absolute Gasteiger partial charge is 0.338 e. The minimum Gasteiger partial charge on any atom is -0.454 e. The minimum absolute atomic E-state index is 0.135. The Labute approximate surface area is 168 Å². The molecule has 0 atom stereocenters. The minimum atomic E-state index is -3.69. The fourth-order valence-corrected chi connectivity index (χ4v) is 4.80. The molecule has 1 fully saturated rings. The zero-order valence-corrected chi connectivity index (χ0v) is 18.5. The van der Waals surface area contributed by atoms with Crippen LogP contribution in [0.5, 0.6) is 0 Å². The van der Waals surface area contributed by atoms with Crippen molar-refractivity contribution in [2.24, 2.45) is 11.3 Å². The highest BCUT2D eigenvalue weighted by Gasteiger charge is 2.31. The molecule has 1 heterocycles. The summed E-state index contributed by atoms with van der Waals surface area (Å²) in [6, 6.07) is 2.98. The van der Waals surface area contributed by atoms with Gasteiger partial charge in [0.05, 0.1) is 10.5 Å². The average molecular weight is 410 g/mol. The Bertz CT molecular complexity index is 860. The topological polar surface area (TPSA) is 80.8 Å². The van der Waals surface area contributed by atoms with Gasteiger partial charge in [-0.25, -0.2) is 13.2 Å². The highest BCUT2D eigenvalue weighted by atomic mass is 32.2. The number of piperidine rings is 1. The maximum absolute atomic E-state index is 13.2. The van der Waals surface area contributed by atoms with Gasteiger partial charge in [-0.2, -0.15) is 4.31 Å². The number of aryl methyl sites for hydroxylation is 1. The van der Waals surface area contributed by atoms with Crippen LogP contribution in [0.15, 0.2) is 17.0 Å². The largest absolute Gasteiger partial charge is 0.454 e. The molecule has 0 aromatic heterocycles. The highest BCUT2D eigenvalue weighted by Crippen LogP contribution is 2.28. The second-order valence-electron chi connectivity index (χ2n) is 8.75. The summed E-state index contributed by atoms with van der Waals surface area (Å²) in [5.74, 6) is -0.375. The van der Waals surface area contributed by atoms with Crippen molar-refractivity contribution in [3.05, 3.63) is 28.8 Å². The molecule has 0 spiro atoms. The van der Waals surface area contributed by atoms with Crippen molar-refractivity contribution >= 4 is 21.8 Å². The zero-order chi connectivity index (χ0) is 21.3. The standard InChI is InChI=1S/C21H31NO5S/c1-14-7-9-22(10-8-14)28(25,26)18-12-17(11-15(2)16(18)3)20(24)27-13-19(23)21(4,5)6/h11-12,14H,7-10,13H2,1-6H3. The van der Waals surface area contributed by atoms with Gasteiger partial charge in [0, 0.05) is 18.5 Å². The van der Waals surface area contributed by atoms with Gasteiger partial charge in [-0.05, 0) is 55.9 Å². The van der Waals surface area contributed by atoms with Gasteiger partial charge < -0.3 is 4.74 Å². The maximum atomic E-state index is 13.2. The van der Waals surface area contributed by atoms with Crippen LogP contribution in [0.2, 0.25) is 0 Å². The third-order valence-electron chi connectivity index (χ3n) is 5.39. The normalized spacial score (nSPS) is 16.8. The van der Waals surface area contributed by atoms with Crippen LogP contribution >= 0.6 is 0 Å². The van der Waals surface area contributed by atoms with E-state index in [1.54, 1.807) is 40.7 Å². The highest BCUT2D eigenvalue weighted by molar-refractivity contribution is 7.89. The first kappa shape index (κ1) is 22.6. The first-order valence-corrected chi connectivity index (χ1v) is 11.1. The molecule has 0 aliphatic carbocycles. The predicted octanol–water partition coefficient (Wildman–Crippen LogP) is 3.50. The van der Waals surface area contributed by atoms with Crippen molar-refractivity contribution in [1.29, 1.82) is 0 Å². The van der Waals surface area contributed by atoms with Crippen LogP contribution in [0.25, 0.3) is 0 Å². The van der Waals surface area contributed by atoms with Crippen molar-refractivity contribution in [2.45, 2.75) is 59.3 Å². The van der Waals surface area contributed by atoms with Gasteiger partial charge in [0.2, 0.25) is 10.0 Å². The van der Waals surface area contributed by atoms with Crippen LogP contribution in [0.4, 0.5) is 0 Å². The van der Waals surface area contributed by atoms with Gasteiger partial charge in [0.25, 0.3) is 0 Å². The van der Waals surface area contributed by atoms with Gasteiger partial charge in [0.1, 0.15) is 0 Å². The summed E-state index contributed by atoms with van der Waals surface area (Å²) in [5.41, 5.74) is 0.860. The Hall–Kier alpha value is -1.73. The number of ether oxygens (including phenoxy) is 1. The summed E-state index contributed by atoms with van der Waals surface area (Å²) in [6.07, 6.45) is 1.65. The van der Waals surface area contributed by atoms with Gasteiger partial charge in [-0.3, -0.25) is 4.79 Å². The van der Waals surface area contributed by atoms with E-state index < -0.39 is 21.4 Å². The van der Waals surface area contributed by atoms with Crippen molar-refractivity contribution in [3.8, 4) is 0 Å². The molecule has 6 nitrogen and oxygen atoms in total. The molecule has 0 N–H and O–H groups in total. The fraction of sp³-hybridized carbons (Fsp3) is 0.619. The molecule has 0 saturated carbocycles. The quantitative estimate of drug-likeness (QED) is 0.696. The first-order chi connectivity index (χ1) is 12.8. The molecule has 1 aromatic rings. The Morgan fingerprint density at radius 3 is 2.25 bits per heavy atom. The molecule has 1 aromatic carbocycles. The van der Waals surface area contributed by atoms with E-state index in [1.165, 1.54) is 10.4 Å². The third-order valence-corrected chi connectivity index (χ3v) is 7.41. The molecule has 0 radical (unpaired) electrons. The monoisotopic (exact) mass is 409 g/mol. The molecule has 0 bridgehead atoms. The number of Topliss-reactive ketones (excluding diaryl/α,β-unsaturated/α-hetero) is 1. The number of benzene rings is 1. The lowest BCUT2D eigenvalue weighted by atomic mass is 9.91. The van der Waals surface area contributed by atoms with Crippen LogP contribution in [0.1, 0.15) is 62.0 Å². The van der Waals surface area contributed by atoms with Crippen molar-refractivity contribution in [2.75, 3.05) is 19.7 Å². The van der Waals surface area contributed by atoms with Crippen molar-refractivity contribution < 1.29 is 22.7 Å². The fourth-order valence-electron chi connectivity index (χ4n) is 3.01. The number of carbonyl (C=O) groups excluding carboxylic acids is 2. The number of sulfonamides is 1. The number of carbonyl (C=O) groups is 2. The SMILES string of the molecule is Cc1cc(C(=O)OCC(=O)C(C)(C)C)cc(S(=O)(=O)N2CCC(C)CC2)c1C. The van der Waals surface area contributed by atoms with E-state index in [-0.39, 0.29) is 22.8 Å². The summed E-state index contributed by atoms with van der Waals surface area (Å²) in [7, 11) is -3.69.